The SMILES string of the molecule is N#CCNC(=O)COc1ccc2ccccc2c1C=O. The minimum absolute atomic E-state index is 0.0690. The van der Waals surface area contributed by atoms with E-state index in [1.807, 2.05) is 30.3 Å². The van der Waals surface area contributed by atoms with Crippen LogP contribution in [0, 0.1) is 11.3 Å². The molecule has 0 heterocycles. The predicted octanol–water partition coefficient (Wildman–Crippen LogP) is 1.67. The average molecular weight is 268 g/mol. The number of nitriles is 1. The number of nitrogens with zero attached hydrogens (tertiary/aromatic N) is 1. The third-order valence-corrected chi connectivity index (χ3v) is 2.77. The van der Waals surface area contributed by atoms with Gasteiger partial charge in [-0.2, -0.15) is 5.26 Å². The molecular formula is C15H12N2O3. The molecule has 0 saturated carbocycles. The van der Waals surface area contributed by atoms with Gasteiger partial charge in [0.2, 0.25) is 0 Å². The maximum atomic E-state index is 11.4. The summed E-state index contributed by atoms with van der Waals surface area (Å²) in [7, 11) is 0. The van der Waals surface area contributed by atoms with Crippen LogP contribution in [0.15, 0.2) is 36.4 Å². The summed E-state index contributed by atoms with van der Waals surface area (Å²) in [6, 6.07) is 12.7. The number of ether oxygens (including phenoxy) is 1. The van der Waals surface area contributed by atoms with Crippen molar-refractivity contribution in [1.29, 1.82) is 5.26 Å². The predicted molar refractivity (Wildman–Crippen MR) is 73.5 cm³/mol. The second kappa shape index (κ2) is 6.34. The molecule has 20 heavy (non-hydrogen) atoms. The highest BCUT2D eigenvalue weighted by Crippen LogP contribution is 2.26. The number of fused-ring (bicyclic) bond motifs is 1. The summed E-state index contributed by atoms with van der Waals surface area (Å²) < 4.78 is 5.34. The Bertz CT molecular complexity index is 689. The van der Waals surface area contributed by atoms with E-state index in [-0.39, 0.29) is 13.2 Å². The van der Waals surface area contributed by atoms with Crippen LogP contribution in [0.3, 0.4) is 0 Å². The van der Waals surface area contributed by atoms with Crippen LogP contribution in [0.2, 0.25) is 0 Å². The largest absolute Gasteiger partial charge is 0.483 e. The standard InChI is InChI=1S/C15H12N2O3/c16-7-8-17-15(19)10-20-14-6-5-11-3-1-2-4-12(11)13(14)9-18/h1-6,9H,8,10H2,(H,17,19). The number of hydrogen-bond acceptors (Lipinski definition) is 4. The molecule has 1 amide bonds. The maximum Gasteiger partial charge on any atom is 0.258 e. The molecule has 2 aromatic rings. The van der Waals surface area contributed by atoms with Gasteiger partial charge in [0, 0.05) is 0 Å². The van der Waals surface area contributed by atoms with E-state index in [1.54, 1.807) is 12.1 Å². The summed E-state index contributed by atoms with van der Waals surface area (Å²) in [6.45, 7) is -0.304. The van der Waals surface area contributed by atoms with Gasteiger partial charge in [0.15, 0.2) is 12.9 Å². The van der Waals surface area contributed by atoms with Gasteiger partial charge in [0.05, 0.1) is 11.6 Å². The summed E-state index contributed by atoms with van der Waals surface area (Å²) >= 11 is 0. The molecule has 0 saturated heterocycles. The number of carbonyl (C=O) groups is 2. The van der Waals surface area contributed by atoms with E-state index in [0.717, 1.165) is 10.8 Å². The van der Waals surface area contributed by atoms with E-state index in [9.17, 15) is 9.59 Å². The average Bonchev–Trinajstić information content (AvgIpc) is 2.50. The second-order valence-corrected chi connectivity index (χ2v) is 4.04. The van der Waals surface area contributed by atoms with Gasteiger partial charge < -0.3 is 10.1 Å². The zero-order valence-electron chi connectivity index (χ0n) is 10.6. The lowest BCUT2D eigenvalue weighted by molar-refractivity contribution is -0.122. The van der Waals surface area contributed by atoms with Crippen molar-refractivity contribution in [2.75, 3.05) is 13.2 Å². The van der Waals surface area contributed by atoms with Gasteiger partial charge in [-0.1, -0.05) is 30.3 Å². The minimum atomic E-state index is -0.406. The lowest BCUT2D eigenvalue weighted by Gasteiger charge is -2.10. The number of rotatable bonds is 5. The summed E-state index contributed by atoms with van der Waals surface area (Å²) in [6.07, 6.45) is 0.713. The zero-order chi connectivity index (χ0) is 14.4. The lowest BCUT2D eigenvalue weighted by Crippen LogP contribution is -2.29. The smallest absolute Gasteiger partial charge is 0.258 e. The molecular weight excluding hydrogens is 256 g/mol. The number of hydrogen-bond donors (Lipinski definition) is 1. The van der Waals surface area contributed by atoms with Gasteiger partial charge >= 0.3 is 0 Å². The first kappa shape index (κ1) is 13.6. The highest BCUT2D eigenvalue weighted by atomic mass is 16.5. The number of benzene rings is 2. The molecule has 0 unspecified atom stereocenters. The molecule has 1 N–H and O–H groups in total. The first-order chi connectivity index (χ1) is 9.76. The first-order valence-electron chi connectivity index (χ1n) is 5.99. The monoisotopic (exact) mass is 268 g/mol. The van der Waals surface area contributed by atoms with Crippen molar-refractivity contribution < 1.29 is 14.3 Å². The van der Waals surface area contributed by atoms with Crippen LogP contribution in [0.5, 0.6) is 5.75 Å². The van der Waals surface area contributed by atoms with Crippen LogP contribution in [-0.4, -0.2) is 25.3 Å². The lowest BCUT2D eigenvalue weighted by atomic mass is 10.0. The molecule has 0 spiro atoms. The van der Waals surface area contributed by atoms with E-state index in [1.165, 1.54) is 0 Å². The Labute approximate surface area is 115 Å². The fourth-order valence-electron chi connectivity index (χ4n) is 1.86. The van der Waals surface area contributed by atoms with Crippen LogP contribution < -0.4 is 10.1 Å². The van der Waals surface area contributed by atoms with Crippen LogP contribution in [0.4, 0.5) is 0 Å². The van der Waals surface area contributed by atoms with Gasteiger partial charge in [-0.3, -0.25) is 9.59 Å². The van der Waals surface area contributed by atoms with Gasteiger partial charge in [-0.25, -0.2) is 0 Å². The number of carbonyl (C=O) groups excluding carboxylic acids is 2. The topological polar surface area (TPSA) is 79.2 Å². The third kappa shape index (κ3) is 2.93. The summed E-state index contributed by atoms with van der Waals surface area (Å²) in [5.74, 6) is -0.0534. The molecule has 5 heteroatoms. The molecule has 0 atom stereocenters. The van der Waals surface area contributed by atoms with Crippen molar-refractivity contribution in [1.82, 2.24) is 5.32 Å². The molecule has 0 aliphatic carbocycles. The Morgan fingerprint density at radius 3 is 2.85 bits per heavy atom. The number of amides is 1. The molecule has 0 bridgehead atoms. The molecule has 0 radical (unpaired) electrons. The van der Waals surface area contributed by atoms with Crippen LogP contribution in [0.25, 0.3) is 10.8 Å². The molecule has 2 aromatic carbocycles. The fourth-order valence-corrected chi connectivity index (χ4v) is 1.86. The summed E-state index contributed by atoms with van der Waals surface area (Å²) in [5.41, 5.74) is 0.413. The molecule has 0 aromatic heterocycles. The molecule has 0 aliphatic rings. The van der Waals surface area contributed by atoms with Crippen LogP contribution in [0.1, 0.15) is 10.4 Å². The zero-order valence-corrected chi connectivity index (χ0v) is 10.6. The van der Waals surface area contributed by atoms with E-state index in [2.05, 4.69) is 5.32 Å². The summed E-state index contributed by atoms with van der Waals surface area (Å²) in [4.78, 5) is 22.6. The van der Waals surface area contributed by atoms with Gasteiger partial charge in [0.1, 0.15) is 12.3 Å². The van der Waals surface area contributed by atoms with Crippen molar-refractivity contribution in [3.05, 3.63) is 42.0 Å². The molecule has 100 valence electrons. The van der Waals surface area contributed by atoms with Crippen molar-refractivity contribution in [3.8, 4) is 11.8 Å². The van der Waals surface area contributed by atoms with Gasteiger partial charge in [0.25, 0.3) is 5.91 Å². The van der Waals surface area contributed by atoms with Crippen molar-refractivity contribution in [3.63, 3.8) is 0 Å². The van der Waals surface area contributed by atoms with Crippen molar-refractivity contribution in [2.45, 2.75) is 0 Å². The van der Waals surface area contributed by atoms with Crippen molar-refractivity contribution >= 4 is 23.0 Å². The first-order valence-corrected chi connectivity index (χ1v) is 5.99. The second-order valence-electron chi connectivity index (χ2n) is 4.04. The van der Waals surface area contributed by atoms with E-state index < -0.39 is 5.91 Å². The number of aldehydes is 1. The van der Waals surface area contributed by atoms with E-state index >= 15 is 0 Å². The third-order valence-electron chi connectivity index (χ3n) is 2.77. The van der Waals surface area contributed by atoms with E-state index in [0.29, 0.717) is 17.6 Å². The quantitative estimate of drug-likeness (QED) is 0.660. The molecule has 5 nitrogen and oxygen atoms in total. The van der Waals surface area contributed by atoms with Crippen LogP contribution >= 0.6 is 0 Å². The molecule has 2 rings (SSSR count). The number of nitrogens with one attached hydrogen (secondary N) is 1. The Kier molecular flexibility index (Phi) is 4.30. The molecule has 0 fully saturated rings. The Morgan fingerprint density at radius 2 is 2.10 bits per heavy atom. The van der Waals surface area contributed by atoms with E-state index in [4.69, 9.17) is 10.00 Å². The van der Waals surface area contributed by atoms with Gasteiger partial charge in [-0.15, -0.1) is 0 Å². The maximum absolute atomic E-state index is 11.4. The summed E-state index contributed by atoms with van der Waals surface area (Å²) in [5, 5.41) is 12.4. The minimum Gasteiger partial charge on any atom is -0.483 e. The highest BCUT2D eigenvalue weighted by Gasteiger charge is 2.09. The van der Waals surface area contributed by atoms with Gasteiger partial charge in [-0.05, 0) is 16.8 Å². The fraction of sp³-hybridized carbons (Fsp3) is 0.133. The molecule has 0 aliphatic heterocycles. The Hall–Kier alpha value is -2.87. The Morgan fingerprint density at radius 1 is 1.30 bits per heavy atom. The normalized spacial score (nSPS) is 9.75. The Balaban J connectivity index is 2.20. The van der Waals surface area contributed by atoms with Crippen LogP contribution in [-0.2, 0) is 4.79 Å². The van der Waals surface area contributed by atoms with Crippen molar-refractivity contribution in [2.24, 2.45) is 0 Å². The highest BCUT2D eigenvalue weighted by molar-refractivity contribution is 6.00.